The molecule has 138 heavy (non-hydrogen) atoms. The number of pyridine rings is 2. The molecule has 0 spiro atoms. The molecule has 19 rings (SSSR count). The summed E-state index contributed by atoms with van der Waals surface area (Å²) < 4.78 is 47.2. The van der Waals surface area contributed by atoms with Crippen LogP contribution in [0.15, 0.2) is 194 Å². The number of anilines is 4. The van der Waals surface area contributed by atoms with Crippen LogP contribution in [0.25, 0.3) is 28.2 Å². The molecule has 1 atom stereocenters. The second kappa shape index (κ2) is 45.9. The Labute approximate surface area is 802 Å². The summed E-state index contributed by atoms with van der Waals surface area (Å²) in [5.74, 6) is 1.58. The van der Waals surface area contributed by atoms with E-state index in [9.17, 15) is 57.7 Å². The number of amides is 7. The first-order valence-corrected chi connectivity index (χ1v) is 46.1. The molecule has 14 heterocycles. The quantitative estimate of drug-likeness (QED) is 0.0435. The molecule has 8 aliphatic heterocycles. The molecule has 7 amide bonds. The minimum absolute atomic E-state index is 0.00660. The zero-order valence-corrected chi connectivity index (χ0v) is 78.4. The highest BCUT2D eigenvalue weighted by atomic mass is 35.5. The van der Waals surface area contributed by atoms with Gasteiger partial charge in [0, 0.05) is 186 Å². The minimum Gasteiger partial charge on any atom is -0.443 e. The molecule has 718 valence electrons. The number of carbonyl (C=O) groups is 8. The molecule has 8 aliphatic rings. The fraction of sp³-hybridized carbons (Fsp3) is 0.364. The lowest BCUT2D eigenvalue weighted by Crippen LogP contribution is -2.45. The van der Waals surface area contributed by atoms with Crippen molar-refractivity contribution < 1.29 is 61.8 Å². The van der Waals surface area contributed by atoms with Gasteiger partial charge in [-0.1, -0.05) is 120 Å². The SMILES string of the molecule is CC(C)(C)OC(=O)N1Cc2nc(-c3c(F)cccc3C#N)cc(-n3ccc(N4CCNC(=O)CC4)n3)c2C1=O.CC(C)(C)OC(=O)N1Cc2nc(-c3c(F)cccc3C#N)cc(Cl)c2C1=O.O=C1CCN(C2CCNN2)CCN1.O=C1CCN(c2ccn(Cc3ccccc3)n2)CC1.O=C1CCN(c2ccn(Cc3ccccc3)n2)CCN1.ON=C1CCN(c2ccn(Cc3ccccc3)n2)CC1. The highest BCUT2D eigenvalue weighted by molar-refractivity contribution is 6.35. The molecule has 0 aliphatic carbocycles. The number of hydrogen-bond donors (Lipinski definition) is 6. The van der Waals surface area contributed by atoms with Gasteiger partial charge in [-0.05, 0) is 101 Å². The van der Waals surface area contributed by atoms with Gasteiger partial charge in [-0.2, -0.15) is 30.9 Å². The van der Waals surface area contributed by atoms with Gasteiger partial charge in [0.2, 0.25) is 17.7 Å². The first-order valence-electron chi connectivity index (χ1n) is 45.7. The molecule has 0 saturated carbocycles. The van der Waals surface area contributed by atoms with Crippen molar-refractivity contribution in [2.45, 2.75) is 143 Å². The van der Waals surface area contributed by atoms with Crippen molar-refractivity contribution in [2.75, 3.05) is 111 Å². The van der Waals surface area contributed by atoms with Crippen molar-refractivity contribution in [3.8, 4) is 40.3 Å². The van der Waals surface area contributed by atoms with Gasteiger partial charge in [-0.3, -0.25) is 53.1 Å². The van der Waals surface area contributed by atoms with E-state index in [2.05, 4.69) is 118 Å². The maximum Gasteiger partial charge on any atom is 0.417 e. The second-order valence-corrected chi connectivity index (χ2v) is 35.9. The largest absolute Gasteiger partial charge is 0.443 e. The van der Waals surface area contributed by atoms with Crippen molar-refractivity contribution in [3.63, 3.8) is 0 Å². The number of nitriles is 2. The number of carbonyl (C=O) groups excluding carboxylic acids is 8. The summed E-state index contributed by atoms with van der Waals surface area (Å²) in [6.45, 7) is 22.8. The number of halogens is 3. The van der Waals surface area contributed by atoms with E-state index >= 15 is 0 Å². The molecule has 6 aromatic heterocycles. The maximum absolute atomic E-state index is 15.0. The van der Waals surface area contributed by atoms with Crippen molar-refractivity contribution >= 4 is 88.1 Å². The average molecular weight is 1900 g/mol. The van der Waals surface area contributed by atoms with Crippen molar-refractivity contribution in [1.29, 1.82) is 10.5 Å². The van der Waals surface area contributed by atoms with Crippen LogP contribution in [-0.2, 0) is 61.4 Å². The first kappa shape index (κ1) is 98.9. The van der Waals surface area contributed by atoms with E-state index in [4.69, 9.17) is 26.3 Å². The fourth-order valence-corrected chi connectivity index (χ4v) is 16.6. The monoisotopic (exact) mass is 1900 g/mol. The van der Waals surface area contributed by atoms with Gasteiger partial charge in [0.25, 0.3) is 11.8 Å². The Balaban J connectivity index is 0.000000137. The van der Waals surface area contributed by atoms with Crippen LogP contribution in [0.2, 0.25) is 5.02 Å². The first-order chi connectivity index (χ1) is 66.5. The topological polar surface area (TPSA) is 415 Å². The van der Waals surface area contributed by atoms with Gasteiger partial charge in [0.1, 0.15) is 28.6 Å². The summed E-state index contributed by atoms with van der Waals surface area (Å²) in [6.07, 6.45) is 11.9. The lowest BCUT2D eigenvalue weighted by atomic mass is 10.0. The van der Waals surface area contributed by atoms with Crippen molar-refractivity contribution in [1.82, 2.24) is 90.6 Å². The molecule has 36 nitrogen and oxygen atoms in total. The summed E-state index contributed by atoms with van der Waals surface area (Å²) in [7, 11) is 0. The molecule has 1 unspecified atom stereocenters. The smallest absolute Gasteiger partial charge is 0.417 e. The lowest BCUT2D eigenvalue weighted by Gasteiger charge is -2.26. The number of fused-ring (bicyclic) bond motifs is 2. The highest BCUT2D eigenvalue weighted by Crippen LogP contribution is 2.38. The molecule has 6 saturated heterocycles. The number of ketones is 1. The zero-order valence-electron chi connectivity index (χ0n) is 77.7. The van der Waals surface area contributed by atoms with Crippen LogP contribution in [-0.4, -0.2) is 231 Å². The Hall–Kier alpha value is -15.1. The number of nitrogens with one attached hydrogen (secondary N) is 5. The molecular weight excluding hydrogens is 1790 g/mol. The number of hydrazine groups is 1. The van der Waals surface area contributed by atoms with E-state index in [0.29, 0.717) is 76.1 Å². The molecule has 0 radical (unpaired) electrons. The Morgan fingerprint density at radius 3 is 1.30 bits per heavy atom. The summed E-state index contributed by atoms with van der Waals surface area (Å²) in [6, 6.07) is 53.6. The van der Waals surface area contributed by atoms with Crippen LogP contribution in [0, 0.1) is 34.3 Å². The predicted molar refractivity (Wildman–Crippen MR) is 512 cm³/mol. The summed E-state index contributed by atoms with van der Waals surface area (Å²) >= 11 is 6.23. The highest BCUT2D eigenvalue weighted by Gasteiger charge is 2.42. The number of imide groups is 2. The number of ether oxygens (including phenoxy) is 2. The molecular formula is C99H110ClF2N25O11. The van der Waals surface area contributed by atoms with Crippen molar-refractivity contribution in [3.05, 3.63) is 256 Å². The molecule has 6 N–H and O–H groups in total. The molecule has 39 heteroatoms. The second-order valence-electron chi connectivity index (χ2n) is 35.5. The van der Waals surface area contributed by atoms with Crippen LogP contribution in [0.4, 0.5) is 41.6 Å². The summed E-state index contributed by atoms with van der Waals surface area (Å²) in [5, 5.41) is 58.0. The van der Waals surface area contributed by atoms with Gasteiger partial charge in [-0.25, -0.2) is 48.2 Å². The maximum atomic E-state index is 15.0. The predicted octanol–water partition coefficient (Wildman–Crippen LogP) is 11.8. The summed E-state index contributed by atoms with van der Waals surface area (Å²) in [5.41, 5.74) is 10.6. The number of benzene rings is 5. The number of nitrogens with zero attached hydrogens (tertiary/aromatic N) is 20. The number of aromatic nitrogens is 10. The number of Topliss-reactive ketones (excluding diaryl/α,β-unsaturated/α-hetero) is 1. The van der Waals surface area contributed by atoms with Gasteiger partial charge in [0.15, 0.2) is 23.3 Å². The fourth-order valence-electron chi connectivity index (χ4n) is 16.3. The van der Waals surface area contributed by atoms with E-state index in [1.807, 2.05) is 122 Å². The number of hydrogen-bond acceptors (Lipinski definition) is 27. The zero-order chi connectivity index (χ0) is 97.6. The average Bonchev–Trinajstić information content (AvgIpc) is 1.59. The lowest BCUT2D eigenvalue weighted by molar-refractivity contribution is -0.121. The normalized spacial score (nSPS) is 16.6. The minimum atomic E-state index is -0.831. The van der Waals surface area contributed by atoms with E-state index in [1.165, 1.54) is 69.9 Å². The van der Waals surface area contributed by atoms with Crippen LogP contribution in [0.1, 0.15) is 153 Å². The molecule has 0 bridgehead atoms. The van der Waals surface area contributed by atoms with Gasteiger partial charge < -0.3 is 50.2 Å². The van der Waals surface area contributed by atoms with Gasteiger partial charge in [-0.15, -0.1) is 0 Å². The van der Waals surface area contributed by atoms with E-state index in [0.717, 1.165) is 137 Å². The van der Waals surface area contributed by atoms with Crippen LogP contribution in [0.3, 0.4) is 0 Å². The third kappa shape index (κ3) is 26.3. The van der Waals surface area contributed by atoms with Gasteiger partial charge >= 0.3 is 12.2 Å². The van der Waals surface area contributed by atoms with E-state index in [1.54, 1.807) is 53.8 Å². The van der Waals surface area contributed by atoms with Crippen LogP contribution in [0.5, 0.6) is 0 Å². The number of rotatable bonds is 14. The Bertz CT molecular complexity index is 6280. The Morgan fingerprint density at radius 1 is 0.471 bits per heavy atom. The number of piperidine rings is 2. The van der Waals surface area contributed by atoms with E-state index in [-0.39, 0.29) is 97.7 Å². The standard InChI is InChI=1S/C27H26FN7O4.C19H15ClFN3O3.2C15H18N4O.C15H17N3O.C8H16N4O/c1-27(2,3)39-26(38)34-15-19-24(25(34)37)20(13-18(31-19)23-16(14-29)5-4-6-17(23)28)35-11-7-21(32-35)33-10-8-22(36)30-9-12-33;1-19(2,3)27-18(26)24-9-14-16(17(24)25)11(20)7-13(23-14)15-10(8-22)5-4-6-12(15)21;20-15-7-9-18(11-8-16-15)14-6-10-19(17-14)12-13-4-2-1-3-5-13;20-17-14-6-9-18(10-7-14)15-8-11-19(16-15)12-13-4-2-1-3-5-13;19-14-6-9-17(10-7-14)15-8-11-18(16-15)12-13-4-2-1-3-5-13;13-8-2-5-12(6-4-9-8)7-1-3-10-11-7/h4-7,11,13H,8-10,12,15H2,1-3H3,(H,30,36);4-7H,9H2,1-3H3;1-6,10H,7-9,11-12H2,(H,16,20);1-5,8,11,20H,6-7,9-10,12H2;1-5,8,11H,6-7,9-10,12H2;7,10-11H,1-6H2,(H,9,13). The van der Waals surface area contributed by atoms with Crippen LogP contribution < -0.4 is 46.4 Å². The third-order valence-electron chi connectivity index (χ3n) is 23.2. The third-order valence-corrected chi connectivity index (χ3v) is 23.5. The van der Waals surface area contributed by atoms with Gasteiger partial charge in [0.05, 0.1) is 124 Å². The van der Waals surface area contributed by atoms with Crippen LogP contribution >= 0.6 is 11.6 Å². The van der Waals surface area contributed by atoms with E-state index < -0.39 is 46.8 Å². The Morgan fingerprint density at radius 2 is 0.870 bits per heavy atom. The molecule has 11 aromatic rings. The molecule has 5 aromatic carbocycles. The number of oxime groups is 1. The summed E-state index contributed by atoms with van der Waals surface area (Å²) in [4.78, 5) is 118. The van der Waals surface area contributed by atoms with Crippen molar-refractivity contribution in [2.24, 2.45) is 5.16 Å². The Kier molecular flexibility index (Phi) is 32.9. The molecule has 6 fully saturated rings.